The molecule has 6 heteroatoms. The summed E-state index contributed by atoms with van der Waals surface area (Å²) in [4.78, 5) is 17.5. The first-order chi connectivity index (χ1) is 14.1. The average molecular weight is 396 g/mol. The number of rotatable bonds is 9. The van der Waals surface area contributed by atoms with Crippen molar-refractivity contribution in [2.45, 2.75) is 40.5 Å². The van der Waals surface area contributed by atoms with Crippen molar-refractivity contribution in [3.63, 3.8) is 0 Å². The molecule has 0 spiro atoms. The van der Waals surface area contributed by atoms with E-state index in [1.165, 1.54) is 0 Å². The highest BCUT2D eigenvalue weighted by Gasteiger charge is 2.18. The Morgan fingerprint density at radius 2 is 1.86 bits per heavy atom. The molecule has 2 heterocycles. The minimum absolute atomic E-state index is 0.101. The fourth-order valence-corrected chi connectivity index (χ4v) is 3.39. The summed E-state index contributed by atoms with van der Waals surface area (Å²) in [6.07, 6.45) is 3.31. The molecule has 1 aromatic carbocycles. The molecule has 3 rings (SSSR count). The van der Waals surface area contributed by atoms with Crippen LogP contribution >= 0.6 is 0 Å². The van der Waals surface area contributed by atoms with Crippen molar-refractivity contribution in [2.75, 3.05) is 19.8 Å². The summed E-state index contributed by atoms with van der Waals surface area (Å²) in [7, 11) is 0. The van der Waals surface area contributed by atoms with Gasteiger partial charge in [-0.2, -0.15) is 0 Å². The van der Waals surface area contributed by atoms with Gasteiger partial charge in [0.2, 0.25) is 0 Å². The van der Waals surface area contributed by atoms with Crippen LogP contribution in [0.1, 0.15) is 48.1 Å². The normalized spacial score (nSPS) is 10.9. The molecule has 0 saturated carbocycles. The molecule has 0 fully saturated rings. The fourth-order valence-electron chi connectivity index (χ4n) is 3.39. The first kappa shape index (κ1) is 20.7. The molecule has 1 N–H and O–H groups in total. The zero-order valence-electron chi connectivity index (χ0n) is 17.6. The summed E-state index contributed by atoms with van der Waals surface area (Å²) < 4.78 is 13.2. The third kappa shape index (κ3) is 4.53. The first-order valence-corrected chi connectivity index (χ1v) is 10.2. The largest absolute Gasteiger partial charge is 0.490 e. The number of pyridine rings is 1. The van der Waals surface area contributed by atoms with E-state index in [1.807, 2.05) is 68.6 Å². The van der Waals surface area contributed by atoms with Crippen molar-refractivity contribution in [3.8, 4) is 11.5 Å². The van der Waals surface area contributed by atoms with Crippen LogP contribution in [0.3, 0.4) is 0 Å². The maximum atomic E-state index is 12.9. The third-order valence-electron chi connectivity index (χ3n) is 4.77. The fraction of sp³-hybridized carbons (Fsp3) is 0.391. The molecule has 0 aliphatic rings. The number of amides is 1. The van der Waals surface area contributed by atoms with Gasteiger partial charge in [-0.1, -0.05) is 19.1 Å². The highest BCUT2D eigenvalue weighted by atomic mass is 16.5. The van der Waals surface area contributed by atoms with Gasteiger partial charge in [0.1, 0.15) is 11.3 Å². The SMILES string of the molecule is CCOc1ccc(CCNC(=O)c2c(CC)nc3c(C)cccn23)cc1OCC. The summed E-state index contributed by atoms with van der Waals surface area (Å²) in [6.45, 7) is 9.62. The summed E-state index contributed by atoms with van der Waals surface area (Å²) in [5.41, 5.74) is 4.41. The van der Waals surface area contributed by atoms with Crippen LogP contribution in [0.5, 0.6) is 11.5 Å². The number of benzene rings is 1. The summed E-state index contributed by atoms with van der Waals surface area (Å²) in [5.74, 6) is 1.38. The standard InChI is InChI=1S/C23H29N3O3/c1-5-18-21(26-14-8-9-16(4)22(26)25-18)23(27)24-13-12-17-10-11-19(28-6-2)20(15-17)29-7-3/h8-11,14-15H,5-7,12-13H2,1-4H3,(H,24,27). The van der Waals surface area contributed by atoms with Crippen LogP contribution in [-0.4, -0.2) is 35.1 Å². The van der Waals surface area contributed by atoms with E-state index in [0.717, 1.165) is 34.0 Å². The number of hydrogen-bond acceptors (Lipinski definition) is 4. The predicted molar refractivity (Wildman–Crippen MR) is 114 cm³/mol. The first-order valence-electron chi connectivity index (χ1n) is 10.2. The number of aryl methyl sites for hydroxylation is 2. The van der Waals surface area contributed by atoms with E-state index in [9.17, 15) is 4.79 Å². The number of nitrogens with one attached hydrogen (secondary N) is 1. The number of imidazole rings is 1. The summed E-state index contributed by atoms with van der Waals surface area (Å²) in [5, 5.41) is 3.04. The molecule has 154 valence electrons. The third-order valence-corrected chi connectivity index (χ3v) is 4.77. The van der Waals surface area contributed by atoms with Gasteiger partial charge in [-0.3, -0.25) is 9.20 Å². The van der Waals surface area contributed by atoms with E-state index in [-0.39, 0.29) is 5.91 Å². The predicted octanol–water partition coefficient (Wildman–Crippen LogP) is 3.98. The Balaban J connectivity index is 1.71. The van der Waals surface area contributed by atoms with Crippen molar-refractivity contribution in [1.29, 1.82) is 0 Å². The molecule has 2 aromatic heterocycles. The molecule has 0 radical (unpaired) electrons. The van der Waals surface area contributed by atoms with Crippen molar-refractivity contribution >= 4 is 11.6 Å². The Kier molecular flexibility index (Phi) is 6.75. The van der Waals surface area contributed by atoms with Gasteiger partial charge >= 0.3 is 0 Å². The minimum atomic E-state index is -0.101. The lowest BCUT2D eigenvalue weighted by molar-refractivity contribution is 0.0947. The smallest absolute Gasteiger partial charge is 0.270 e. The number of nitrogens with zero attached hydrogens (tertiary/aromatic N) is 2. The molecule has 0 saturated heterocycles. The van der Waals surface area contributed by atoms with Crippen LogP contribution in [0.2, 0.25) is 0 Å². The van der Waals surface area contributed by atoms with Gasteiger partial charge < -0.3 is 14.8 Å². The maximum absolute atomic E-state index is 12.9. The average Bonchev–Trinajstić information content (AvgIpc) is 3.10. The van der Waals surface area contributed by atoms with Crippen LogP contribution in [0.25, 0.3) is 5.65 Å². The Labute approximate surface area is 171 Å². The second-order valence-electron chi connectivity index (χ2n) is 6.80. The lowest BCUT2D eigenvalue weighted by atomic mass is 10.1. The van der Waals surface area contributed by atoms with E-state index in [2.05, 4.69) is 10.3 Å². The highest BCUT2D eigenvalue weighted by molar-refractivity contribution is 5.94. The van der Waals surface area contributed by atoms with Gasteiger partial charge in [0, 0.05) is 12.7 Å². The van der Waals surface area contributed by atoms with Crippen LogP contribution in [0.4, 0.5) is 0 Å². The Morgan fingerprint density at radius 1 is 1.10 bits per heavy atom. The van der Waals surface area contributed by atoms with Crippen LogP contribution in [0, 0.1) is 6.92 Å². The van der Waals surface area contributed by atoms with Crippen LogP contribution in [-0.2, 0) is 12.8 Å². The zero-order valence-corrected chi connectivity index (χ0v) is 17.6. The second kappa shape index (κ2) is 9.45. The van der Waals surface area contributed by atoms with Gasteiger partial charge in [-0.05, 0) is 62.9 Å². The molecule has 0 atom stereocenters. The van der Waals surface area contributed by atoms with Gasteiger partial charge in [0.25, 0.3) is 5.91 Å². The molecule has 6 nitrogen and oxygen atoms in total. The molecule has 0 bridgehead atoms. The molecule has 0 unspecified atom stereocenters. The number of carbonyl (C=O) groups excluding carboxylic acids is 1. The number of ether oxygens (including phenoxy) is 2. The highest BCUT2D eigenvalue weighted by Crippen LogP contribution is 2.28. The number of hydrogen-bond donors (Lipinski definition) is 1. The molecule has 1 amide bonds. The Bertz CT molecular complexity index is 994. The van der Waals surface area contributed by atoms with Gasteiger partial charge in [-0.15, -0.1) is 0 Å². The van der Waals surface area contributed by atoms with Crippen LogP contribution < -0.4 is 14.8 Å². The van der Waals surface area contributed by atoms with Gasteiger partial charge in [-0.25, -0.2) is 4.98 Å². The summed E-state index contributed by atoms with van der Waals surface area (Å²) >= 11 is 0. The van der Waals surface area contributed by atoms with Crippen molar-refractivity contribution < 1.29 is 14.3 Å². The Morgan fingerprint density at radius 3 is 2.59 bits per heavy atom. The van der Waals surface area contributed by atoms with Crippen molar-refractivity contribution in [2.24, 2.45) is 0 Å². The molecule has 29 heavy (non-hydrogen) atoms. The number of carbonyl (C=O) groups is 1. The zero-order chi connectivity index (χ0) is 20.8. The summed E-state index contributed by atoms with van der Waals surface area (Å²) in [6, 6.07) is 9.86. The molecular weight excluding hydrogens is 366 g/mol. The lowest BCUT2D eigenvalue weighted by Crippen LogP contribution is -2.27. The number of aromatic nitrogens is 2. The molecule has 0 aliphatic carbocycles. The van der Waals surface area contributed by atoms with E-state index < -0.39 is 0 Å². The van der Waals surface area contributed by atoms with Crippen molar-refractivity contribution in [1.82, 2.24) is 14.7 Å². The lowest BCUT2D eigenvalue weighted by Gasteiger charge is -2.13. The van der Waals surface area contributed by atoms with Crippen molar-refractivity contribution in [3.05, 3.63) is 59.0 Å². The van der Waals surface area contributed by atoms with E-state index in [0.29, 0.717) is 38.3 Å². The van der Waals surface area contributed by atoms with E-state index in [4.69, 9.17) is 9.47 Å². The minimum Gasteiger partial charge on any atom is -0.490 e. The van der Waals surface area contributed by atoms with E-state index in [1.54, 1.807) is 0 Å². The molecule has 3 aromatic rings. The topological polar surface area (TPSA) is 64.9 Å². The van der Waals surface area contributed by atoms with Gasteiger partial charge in [0.05, 0.1) is 18.9 Å². The van der Waals surface area contributed by atoms with Gasteiger partial charge in [0.15, 0.2) is 11.5 Å². The Hall–Kier alpha value is -3.02. The number of fused-ring (bicyclic) bond motifs is 1. The van der Waals surface area contributed by atoms with E-state index >= 15 is 0 Å². The maximum Gasteiger partial charge on any atom is 0.270 e. The second-order valence-corrected chi connectivity index (χ2v) is 6.80. The quantitative estimate of drug-likeness (QED) is 0.595. The molecule has 0 aliphatic heterocycles. The van der Waals surface area contributed by atoms with Crippen LogP contribution in [0.15, 0.2) is 36.5 Å². The monoisotopic (exact) mass is 395 g/mol. The molecular formula is C23H29N3O3.